The number of unbranched alkanes of at least 4 members (excludes halogenated alkanes) is 2. The van der Waals surface area contributed by atoms with Crippen molar-refractivity contribution >= 4 is 29.7 Å². The number of rotatable bonds is 14. The number of aliphatic hydroxyl groups excluding tert-OH is 1. The molecule has 9 heteroatoms. The molecule has 1 rings (SSSR count). The van der Waals surface area contributed by atoms with E-state index in [9.17, 15) is 19.5 Å². The van der Waals surface area contributed by atoms with E-state index in [1.165, 1.54) is 4.90 Å². The van der Waals surface area contributed by atoms with Gasteiger partial charge in [-0.25, -0.2) is 4.79 Å². The van der Waals surface area contributed by atoms with E-state index in [2.05, 4.69) is 17.6 Å². The van der Waals surface area contributed by atoms with Crippen LogP contribution in [0.15, 0.2) is 18.2 Å². The molecule has 36 heavy (non-hydrogen) atoms. The first-order valence-corrected chi connectivity index (χ1v) is 14.1. The summed E-state index contributed by atoms with van der Waals surface area (Å²) in [6.07, 6.45) is 4.44. The molecular formula is C27H45N3O5S. The Bertz CT molecular complexity index is 856. The largest absolute Gasteiger partial charge is 0.444 e. The molecular weight excluding hydrogens is 478 g/mol. The lowest BCUT2D eigenvalue weighted by Gasteiger charge is -2.35. The number of carbonyl (C=O) groups excluding carboxylic acids is 3. The van der Waals surface area contributed by atoms with Gasteiger partial charge in [-0.2, -0.15) is 11.8 Å². The van der Waals surface area contributed by atoms with Gasteiger partial charge in [0, 0.05) is 13.1 Å². The third-order valence-corrected chi connectivity index (χ3v) is 6.45. The second-order valence-corrected chi connectivity index (χ2v) is 10.9. The van der Waals surface area contributed by atoms with Crippen LogP contribution in [0.5, 0.6) is 0 Å². The third-order valence-electron chi connectivity index (χ3n) is 5.80. The molecule has 0 saturated heterocycles. The highest BCUT2D eigenvalue weighted by Crippen LogP contribution is 2.27. The molecule has 2 unspecified atom stereocenters. The second-order valence-electron chi connectivity index (χ2n) is 9.93. The highest BCUT2D eigenvalue weighted by Gasteiger charge is 2.36. The van der Waals surface area contributed by atoms with Crippen LogP contribution in [0, 0.1) is 13.8 Å². The van der Waals surface area contributed by atoms with Gasteiger partial charge in [0.15, 0.2) is 0 Å². The van der Waals surface area contributed by atoms with Crippen molar-refractivity contribution in [2.75, 3.05) is 31.7 Å². The predicted molar refractivity (Wildman–Crippen MR) is 146 cm³/mol. The van der Waals surface area contributed by atoms with Crippen molar-refractivity contribution in [3.63, 3.8) is 0 Å². The summed E-state index contributed by atoms with van der Waals surface area (Å²) < 4.78 is 5.39. The van der Waals surface area contributed by atoms with Gasteiger partial charge in [-0.3, -0.25) is 9.59 Å². The number of benzene rings is 1. The minimum absolute atomic E-state index is 0.0506. The van der Waals surface area contributed by atoms with Crippen LogP contribution in [0.2, 0.25) is 0 Å². The summed E-state index contributed by atoms with van der Waals surface area (Å²) in [6.45, 7) is 11.4. The second kappa shape index (κ2) is 15.8. The van der Waals surface area contributed by atoms with Crippen LogP contribution in [0.25, 0.3) is 0 Å². The van der Waals surface area contributed by atoms with E-state index in [-0.39, 0.29) is 19.1 Å². The highest BCUT2D eigenvalue weighted by molar-refractivity contribution is 7.98. The number of thioether (sulfide) groups is 1. The van der Waals surface area contributed by atoms with Gasteiger partial charge in [0.05, 0.1) is 6.61 Å². The molecule has 1 aromatic carbocycles. The predicted octanol–water partition coefficient (Wildman–Crippen LogP) is 4.12. The zero-order chi connectivity index (χ0) is 27.3. The molecule has 0 fully saturated rings. The van der Waals surface area contributed by atoms with Crippen LogP contribution in [0.1, 0.15) is 76.1 Å². The van der Waals surface area contributed by atoms with E-state index in [4.69, 9.17) is 4.74 Å². The maximum atomic E-state index is 13.9. The topological polar surface area (TPSA) is 108 Å². The molecule has 2 atom stereocenters. The maximum absolute atomic E-state index is 13.9. The molecule has 0 aliphatic heterocycles. The Morgan fingerprint density at radius 1 is 1.17 bits per heavy atom. The lowest BCUT2D eigenvalue weighted by atomic mass is 9.95. The van der Waals surface area contributed by atoms with Gasteiger partial charge in [-0.15, -0.1) is 0 Å². The normalized spacial score (nSPS) is 13.0. The van der Waals surface area contributed by atoms with E-state index in [0.717, 1.165) is 30.4 Å². The van der Waals surface area contributed by atoms with Gasteiger partial charge < -0.3 is 25.4 Å². The number of carbonyl (C=O) groups is 3. The zero-order valence-corrected chi connectivity index (χ0v) is 23.8. The molecule has 0 aromatic heterocycles. The first kappa shape index (κ1) is 31.8. The number of hydrogen-bond donors (Lipinski definition) is 3. The fraction of sp³-hybridized carbons (Fsp3) is 0.667. The van der Waals surface area contributed by atoms with Gasteiger partial charge in [-0.05, 0) is 76.2 Å². The van der Waals surface area contributed by atoms with E-state index >= 15 is 0 Å². The van der Waals surface area contributed by atoms with Crippen LogP contribution in [0.4, 0.5) is 4.79 Å². The van der Waals surface area contributed by atoms with Gasteiger partial charge >= 0.3 is 6.09 Å². The number of hydrogen-bond acceptors (Lipinski definition) is 6. The summed E-state index contributed by atoms with van der Waals surface area (Å²) in [5.41, 5.74) is 1.88. The molecule has 0 aliphatic rings. The Hall–Kier alpha value is -2.26. The monoisotopic (exact) mass is 523 g/mol. The number of nitrogens with one attached hydrogen (secondary N) is 2. The lowest BCUT2D eigenvalue weighted by molar-refractivity contribution is -0.143. The smallest absolute Gasteiger partial charge is 0.408 e. The van der Waals surface area contributed by atoms with Crippen LogP contribution in [-0.2, 0) is 14.3 Å². The van der Waals surface area contributed by atoms with Gasteiger partial charge in [0.2, 0.25) is 11.8 Å². The highest BCUT2D eigenvalue weighted by atomic mass is 32.2. The Morgan fingerprint density at radius 2 is 1.86 bits per heavy atom. The van der Waals surface area contributed by atoms with Crippen LogP contribution < -0.4 is 10.6 Å². The lowest BCUT2D eigenvalue weighted by Crippen LogP contribution is -2.54. The summed E-state index contributed by atoms with van der Waals surface area (Å²) in [5, 5.41) is 15.6. The summed E-state index contributed by atoms with van der Waals surface area (Å²) in [6, 6.07) is 3.82. The van der Waals surface area contributed by atoms with Gasteiger partial charge in [0.1, 0.15) is 17.7 Å². The number of nitrogens with zero attached hydrogens (tertiary/aromatic N) is 1. The van der Waals surface area contributed by atoms with E-state index in [1.807, 2.05) is 38.3 Å². The van der Waals surface area contributed by atoms with E-state index in [0.29, 0.717) is 24.3 Å². The van der Waals surface area contributed by atoms with Crippen molar-refractivity contribution in [1.29, 1.82) is 0 Å². The Kier molecular flexibility index (Phi) is 13.9. The molecule has 8 nitrogen and oxygen atoms in total. The van der Waals surface area contributed by atoms with Crippen LogP contribution >= 0.6 is 11.8 Å². The number of aliphatic hydroxyl groups is 1. The summed E-state index contributed by atoms with van der Waals surface area (Å²) >= 11 is 1.55. The molecule has 0 spiro atoms. The Morgan fingerprint density at radius 3 is 2.44 bits per heavy atom. The summed E-state index contributed by atoms with van der Waals surface area (Å²) in [4.78, 5) is 41.4. The first-order valence-electron chi connectivity index (χ1n) is 12.7. The fourth-order valence-electron chi connectivity index (χ4n) is 3.82. The number of amides is 3. The average Bonchev–Trinajstić information content (AvgIpc) is 2.80. The maximum Gasteiger partial charge on any atom is 0.408 e. The van der Waals surface area contributed by atoms with Crippen molar-refractivity contribution in [3.8, 4) is 0 Å². The zero-order valence-electron chi connectivity index (χ0n) is 23.0. The number of ether oxygens (including phenoxy) is 1. The minimum Gasteiger partial charge on any atom is -0.444 e. The van der Waals surface area contributed by atoms with Crippen LogP contribution in [-0.4, -0.2) is 71.3 Å². The molecule has 3 amide bonds. The third kappa shape index (κ3) is 10.4. The molecule has 0 heterocycles. The summed E-state index contributed by atoms with van der Waals surface area (Å²) in [7, 11) is 0. The SMILES string of the molecule is CCCCCNC(=O)C(c1cccc(C)c1C)N(CCO)C(=O)C(CCSC)NC(=O)OC(C)(C)C. The Labute approximate surface area is 220 Å². The van der Waals surface area contributed by atoms with Crippen molar-refractivity contribution in [2.45, 2.75) is 84.9 Å². The molecule has 1 aromatic rings. The van der Waals surface area contributed by atoms with Crippen molar-refractivity contribution in [2.24, 2.45) is 0 Å². The van der Waals surface area contributed by atoms with Crippen molar-refractivity contribution < 1.29 is 24.2 Å². The van der Waals surface area contributed by atoms with Crippen LogP contribution in [0.3, 0.4) is 0 Å². The molecule has 3 N–H and O–H groups in total. The minimum atomic E-state index is -0.941. The fourth-order valence-corrected chi connectivity index (χ4v) is 4.29. The average molecular weight is 524 g/mol. The molecule has 0 saturated carbocycles. The number of alkyl carbamates (subject to hydrolysis) is 1. The van der Waals surface area contributed by atoms with Crippen molar-refractivity contribution in [1.82, 2.24) is 15.5 Å². The molecule has 0 bridgehead atoms. The number of aryl methyl sites for hydroxylation is 1. The summed E-state index contributed by atoms with van der Waals surface area (Å²) in [5.74, 6) is -0.114. The van der Waals surface area contributed by atoms with Gasteiger partial charge in [0.25, 0.3) is 0 Å². The molecule has 0 aliphatic carbocycles. The Balaban J connectivity index is 3.40. The first-order chi connectivity index (χ1) is 17.0. The molecule has 204 valence electrons. The van der Waals surface area contributed by atoms with E-state index in [1.54, 1.807) is 32.5 Å². The molecule has 0 radical (unpaired) electrons. The van der Waals surface area contributed by atoms with E-state index < -0.39 is 29.7 Å². The van der Waals surface area contributed by atoms with Crippen molar-refractivity contribution in [3.05, 3.63) is 34.9 Å². The quantitative estimate of drug-likeness (QED) is 0.317. The standard InChI is InChI=1S/C27H45N3O5S/c1-8-9-10-15-28-24(32)23(21-13-11-12-19(2)20(21)3)30(16-17-31)25(33)22(14-18-36-7)29-26(34)35-27(4,5)6/h11-13,22-23,31H,8-10,14-18H2,1-7H3,(H,28,32)(H,29,34). The van der Waals surface area contributed by atoms with Gasteiger partial charge in [-0.1, -0.05) is 38.0 Å².